The van der Waals surface area contributed by atoms with Crippen molar-refractivity contribution < 1.29 is 19.1 Å². The second kappa shape index (κ2) is 5.57. The van der Waals surface area contributed by atoms with E-state index in [1.54, 1.807) is 32.7 Å². The zero-order valence-corrected chi connectivity index (χ0v) is 13.4. The van der Waals surface area contributed by atoms with Crippen LogP contribution >= 0.6 is 0 Å². The molecule has 0 saturated carbocycles. The third kappa shape index (κ3) is 3.35. The fraction of sp³-hybridized carbons (Fsp3) is 0.643. The largest absolute Gasteiger partial charge is 0.457 e. The number of nitrogens with zero attached hydrogens (tertiary/aromatic N) is 1. The lowest BCUT2D eigenvalue weighted by molar-refractivity contribution is -0.256. The molecule has 1 aliphatic rings. The van der Waals surface area contributed by atoms with Gasteiger partial charge in [0.25, 0.3) is 5.56 Å². The molecular formula is C14H20FN3O5. The Labute approximate surface area is 131 Å². The highest BCUT2D eigenvalue weighted by Crippen LogP contribution is 2.38. The molecule has 3 N–H and O–H groups in total. The Hall–Kier alpha value is -2.00. The molecule has 1 aliphatic heterocycles. The summed E-state index contributed by atoms with van der Waals surface area (Å²) >= 11 is 0. The minimum Gasteiger partial charge on any atom is -0.457 e. The molecule has 9 heteroatoms. The number of esters is 1. The van der Waals surface area contributed by atoms with Gasteiger partial charge in [-0.05, 0) is 27.7 Å². The van der Waals surface area contributed by atoms with Crippen LogP contribution in [0.4, 0.5) is 4.39 Å². The Morgan fingerprint density at radius 2 is 1.74 bits per heavy atom. The number of nitrogens with one attached hydrogen (secondary N) is 2. The molecule has 128 valence electrons. The first kappa shape index (κ1) is 17.4. The van der Waals surface area contributed by atoms with Crippen LogP contribution in [0.1, 0.15) is 51.0 Å². The van der Waals surface area contributed by atoms with Crippen molar-refractivity contribution in [2.75, 3.05) is 0 Å². The SMILES string of the molecule is CC1(C)CC(OC(=O)c2[nH]c(=O)[nH]c(=O)c2F)CC(C)(C)N1O. The van der Waals surface area contributed by atoms with Gasteiger partial charge in [0, 0.05) is 23.9 Å². The number of carbonyl (C=O) groups excluding carboxylic acids is 1. The summed E-state index contributed by atoms with van der Waals surface area (Å²) in [5, 5.41) is 11.4. The van der Waals surface area contributed by atoms with Gasteiger partial charge in [-0.2, -0.15) is 9.45 Å². The molecule has 1 aromatic rings. The van der Waals surface area contributed by atoms with Gasteiger partial charge < -0.3 is 9.94 Å². The van der Waals surface area contributed by atoms with Crippen LogP contribution in [0.3, 0.4) is 0 Å². The van der Waals surface area contributed by atoms with E-state index >= 15 is 0 Å². The Morgan fingerprint density at radius 3 is 2.26 bits per heavy atom. The Bertz CT molecular complexity index is 719. The van der Waals surface area contributed by atoms with Crippen molar-refractivity contribution in [1.29, 1.82) is 0 Å². The van der Waals surface area contributed by atoms with Gasteiger partial charge in [0.05, 0.1) is 0 Å². The molecular weight excluding hydrogens is 309 g/mol. The van der Waals surface area contributed by atoms with E-state index in [4.69, 9.17) is 4.74 Å². The number of hydrogen-bond donors (Lipinski definition) is 3. The summed E-state index contributed by atoms with van der Waals surface area (Å²) in [6.07, 6.45) is 0.0274. The standard InChI is InChI=1S/C14H20FN3O5/c1-13(2)5-7(6-14(3,4)18(13)22)23-11(20)9-8(15)10(19)17-12(21)16-9/h7,22H,5-6H2,1-4H3,(H2,16,17,19,21). The van der Waals surface area contributed by atoms with Crippen LogP contribution in [0, 0.1) is 5.82 Å². The third-order valence-corrected chi connectivity index (χ3v) is 3.96. The summed E-state index contributed by atoms with van der Waals surface area (Å²) in [5.74, 6) is -2.51. The number of ether oxygens (including phenoxy) is 1. The first-order valence-electron chi connectivity index (χ1n) is 7.16. The maximum Gasteiger partial charge on any atom is 0.358 e. The molecule has 0 spiro atoms. The van der Waals surface area contributed by atoms with Crippen molar-refractivity contribution in [1.82, 2.24) is 15.0 Å². The lowest BCUT2D eigenvalue weighted by Gasteiger charge is -2.50. The summed E-state index contributed by atoms with van der Waals surface area (Å²) in [7, 11) is 0. The molecule has 0 aliphatic carbocycles. The summed E-state index contributed by atoms with van der Waals surface area (Å²) in [6, 6.07) is 0. The van der Waals surface area contributed by atoms with Crippen LogP contribution in [0.5, 0.6) is 0 Å². The average Bonchev–Trinajstić information content (AvgIpc) is 2.39. The van der Waals surface area contributed by atoms with E-state index in [9.17, 15) is 24.0 Å². The van der Waals surface area contributed by atoms with Crippen LogP contribution in [-0.2, 0) is 4.74 Å². The van der Waals surface area contributed by atoms with Gasteiger partial charge >= 0.3 is 11.7 Å². The van der Waals surface area contributed by atoms with Crippen LogP contribution in [0.15, 0.2) is 9.59 Å². The number of halogens is 1. The lowest BCUT2D eigenvalue weighted by atomic mass is 9.80. The fourth-order valence-electron chi connectivity index (χ4n) is 3.08. The van der Waals surface area contributed by atoms with Gasteiger partial charge in [-0.3, -0.25) is 14.8 Å². The Balaban J connectivity index is 2.25. The molecule has 0 bridgehead atoms. The highest BCUT2D eigenvalue weighted by atomic mass is 19.1. The Morgan fingerprint density at radius 1 is 1.22 bits per heavy atom. The summed E-state index contributed by atoms with van der Waals surface area (Å²) in [6.45, 7) is 7.13. The van der Waals surface area contributed by atoms with Gasteiger partial charge in [-0.1, -0.05) is 0 Å². The first-order valence-corrected chi connectivity index (χ1v) is 7.16. The topological polar surface area (TPSA) is 115 Å². The van der Waals surface area contributed by atoms with Gasteiger partial charge in [0.2, 0.25) is 5.82 Å². The zero-order valence-electron chi connectivity index (χ0n) is 13.4. The molecule has 8 nitrogen and oxygen atoms in total. The monoisotopic (exact) mass is 329 g/mol. The number of H-pyrrole nitrogens is 2. The predicted molar refractivity (Wildman–Crippen MR) is 77.9 cm³/mol. The molecule has 0 radical (unpaired) electrons. The first-order chi connectivity index (χ1) is 10.4. The number of piperidine rings is 1. The number of carbonyl (C=O) groups is 1. The van der Waals surface area contributed by atoms with Crippen molar-refractivity contribution in [3.8, 4) is 0 Å². The number of hydroxylamine groups is 2. The molecule has 23 heavy (non-hydrogen) atoms. The molecule has 2 rings (SSSR count). The van der Waals surface area contributed by atoms with E-state index in [0.29, 0.717) is 12.8 Å². The number of rotatable bonds is 2. The van der Waals surface area contributed by atoms with Crippen molar-refractivity contribution in [2.45, 2.75) is 57.7 Å². The molecule has 1 saturated heterocycles. The van der Waals surface area contributed by atoms with Gasteiger partial charge in [-0.15, -0.1) is 0 Å². The minimum atomic E-state index is -1.40. The van der Waals surface area contributed by atoms with Gasteiger partial charge in [0.15, 0.2) is 5.69 Å². The normalized spacial score (nSPS) is 21.1. The lowest BCUT2D eigenvalue weighted by Crippen LogP contribution is -2.60. The average molecular weight is 329 g/mol. The highest BCUT2D eigenvalue weighted by Gasteiger charge is 2.46. The van der Waals surface area contributed by atoms with Gasteiger partial charge in [0.1, 0.15) is 6.10 Å². The van der Waals surface area contributed by atoms with Crippen molar-refractivity contribution in [3.05, 3.63) is 32.3 Å². The minimum absolute atomic E-state index is 0.313. The number of hydrogen-bond acceptors (Lipinski definition) is 6. The molecule has 1 aromatic heterocycles. The summed E-state index contributed by atoms with van der Waals surface area (Å²) in [5.41, 5.74) is -4.40. The van der Waals surface area contributed by atoms with Crippen molar-refractivity contribution >= 4 is 5.97 Å². The van der Waals surface area contributed by atoms with E-state index in [0.717, 1.165) is 0 Å². The van der Waals surface area contributed by atoms with Crippen LogP contribution < -0.4 is 11.2 Å². The molecule has 0 aromatic carbocycles. The fourth-order valence-corrected chi connectivity index (χ4v) is 3.08. The molecule has 0 amide bonds. The molecule has 0 atom stereocenters. The quantitative estimate of drug-likeness (QED) is 0.690. The van der Waals surface area contributed by atoms with E-state index in [1.807, 2.05) is 4.98 Å². The third-order valence-electron chi connectivity index (χ3n) is 3.96. The van der Waals surface area contributed by atoms with E-state index in [2.05, 4.69) is 0 Å². The van der Waals surface area contributed by atoms with Crippen molar-refractivity contribution in [3.63, 3.8) is 0 Å². The van der Waals surface area contributed by atoms with E-state index in [-0.39, 0.29) is 0 Å². The summed E-state index contributed by atoms with van der Waals surface area (Å²) in [4.78, 5) is 38.1. The highest BCUT2D eigenvalue weighted by molar-refractivity contribution is 5.87. The zero-order chi connectivity index (χ0) is 17.6. The maximum absolute atomic E-state index is 13.7. The molecule has 0 unspecified atom stereocenters. The van der Waals surface area contributed by atoms with Crippen LogP contribution in [-0.4, -0.2) is 43.4 Å². The van der Waals surface area contributed by atoms with Crippen LogP contribution in [0.25, 0.3) is 0 Å². The molecule has 1 fully saturated rings. The van der Waals surface area contributed by atoms with Gasteiger partial charge in [-0.25, -0.2) is 9.59 Å². The Kier molecular flexibility index (Phi) is 4.20. The van der Waals surface area contributed by atoms with E-state index in [1.165, 1.54) is 5.06 Å². The predicted octanol–water partition coefficient (Wildman–Crippen LogP) is 0.770. The maximum atomic E-state index is 13.7. The second-order valence-electron chi connectivity index (χ2n) is 6.97. The smallest absolute Gasteiger partial charge is 0.358 e. The number of aromatic nitrogens is 2. The second-order valence-corrected chi connectivity index (χ2v) is 6.97. The van der Waals surface area contributed by atoms with Crippen molar-refractivity contribution in [2.24, 2.45) is 0 Å². The van der Waals surface area contributed by atoms with E-state index < -0.39 is 45.9 Å². The summed E-state index contributed by atoms with van der Waals surface area (Å²) < 4.78 is 18.9. The van der Waals surface area contributed by atoms with Crippen LogP contribution in [0.2, 0.25) is 0 Å². The number of aromatic amines is 2. The molecule has 2 heterocycles.